The van der Waals surface area contributed by atoms with Crippen molar-refractivity contribution < 1.29 is 0 Å². The lowest BCUT2D eigenvalue weighted by Crippen LogP contribution is -2.28. The summed E-state index contributed by atoms with van der Waals surface area (Å²) in [6.07, 6.45) is 4.08. The van der Waals surface area contributed by atoms with Gasteiger partial charge in [-0.25, -0.2) is 0 Å². The van der Waals surface area contributed by atoms with E-state index < -0.39 is 0 Å². The summed E-state index contributed by atoms with van der Waals surface area (Å²) in [7, 11) is 0. The molecule has 0 amide bonds. The summed E-state index contributed by atoms with van der Waals surface area (Å²) in [4.78, 5) is 0. The van der Waals surface area contributed by atoms with Gasteiger partial charge in [0.15, 0.2) is 0 Å². The van der Waals surface area contributed by atoms with Crippen molar-refractivity contribution in [1.29, 1.82) is 0 Å². The molecule has 0 fully saturated rings. The van der Waals surface area contributed by atoms with Crippen LogP contribution < -0.4 is 5.32 Å². The van der Waals surface area contributed by atoms with Gasteiger partial charge in [-0.1, -0.05) is 48.0 Å². The van der Waals surface area contributed by atoms with Crippen LogP contribution in [-0.2, 0) is 0 Å². The molecule has 0 aliphatic carbocycles. The average Bonchev–Trinajstić information content (AvgIpc) is 2.15. The standard InChI is InChI=1S/C15H33N/c1-7-14(6)9-15(8-12(2)3)11-16-10-13(4)5/h12-16H,7-11H2,1-6H3. The van der Waals surface area contributed by atoms with Crippen molar-refractivity contribution in [3.63, 3.8) is 0 Å². The van der Waals surface area contributed by atoms with Gasteiger partial charge in [-0.05, 0) is 49.6 Å². The van der Waals surface area contributed by atoms with Gasteiger partial charge in [0, 0.05) is 0 Å². The molecule has 0 aliphatic rings. The highest BCUT2D eigenvalue weighted by Crippen LogP contribution is 2.21. The van der Waals surface area contributed by atoms with Crippen molar-refractivity contribution in [3.05, 3.63) is 0 Å². The molecule has 0 aromatic carbocycles. The zero-order chi connectivity index (χ0) is 12.6. The molecule has 0 saturated heterocycles. The summed E-state index contributed by atoms with van der Waals surface area (Å²) in [5.74, 6) is 3.34. The van der Waals surface area contributed by atoms with Crippen LogP contribution in [0, 0.1) is 23.7 Å². The van der Waals surface area contributed by atoms with Gasteiger partial charge in [-0.15, -0.1) is 0 Å². The molecule has 0 rings (SSSR count). The fraction of sp³-hybridized carbons (Fsp3) is 1.00. The Kier molecular flexibility index (Phi) is 9.02. The largest absolute Gasteiger partial charge is 0.316 e. The summed E-state index contributed by atoms with van der Waals surface area (Å²) in [5, 5.41) is 3.62. The van der Waals surface area contributed by atoms with Crippen LogP contribution >= 0.6 is 0 Å². The van der Waals surface area contributed by atoms with Crippen LogP contribution in [0.3, 0.4) is 0 Å². The van der Waals surface area contributed by atoms with Gasteiger partial charge in [0.05, 0.1) is 0 Å². The third-order valence-corrected chi connectivity index (χ3v) is 3.22. The van der Waals surface area contributed by atoms with Crippen LogP contribution in [-0.4, -0.2) is 13.1 Å². The first-order valence-electron chi connectivity index (χ1n) is 7.16. The van der Waals surface area contributed by atoms with E-state index in [9.17, 15) is 0 Å². The smallest absolute Gasteiger partial charge is 0.00202 e. The first kappa shape index (κ1) is 16.0. The maximum absolute atomic E-state index is 3.62. The highest BCUT2D eigenvalue weighted by molar-refractivity contribution is 4.68. The summed E-state index contributed by atoms with van der Waals surface area (Å²) in [5.41, 5.74) is 0. The molecule has 98 valence electrons. The number of hydrogen-bond acceptors (Lipinski definition) is 1. The second kappa shape index (κ2) is 9.04. The van der Waals surface area contributed by atoms with Crippen LogP contribution in [0.25, 0.3) is 0 Å². The van der Waals surface area contributed by atoms with E-state index in [0.29, 0.717) is 0 Å². The summed E-state index contributed by atoms with van der Waals surface area (Å²) in [6.45, 7) is 16.3. The van der Waals surface area contributed by atoms with E-state index in [1.54, 1.807) is 0 Å². The molecular formula is C15H33N. The van der Waals surface area contributed by atoms with E-state index in [1.165, 1.54) is 25.8 Å². The van der Waals surface area contributed by atoms with Crippen molar-refractivity contribution >= 4 is 0 Å². The highest BCUT2D eigenvalue weighted by Gasteiger charge is 2.13. The minimum Gasteiger partial charge on any atom is -0.316 e. The Balaban J connectivity index is 3.90. The van der Waals surface area contributed by atoms with E-state index in [0.717, 1.165) is 30.2 Å². The topological polar surface area (TPSA) is 12.0 Å². The monoisotopic (exact) mass is 227 g/mol. The fourth-order valence-corrected chi connectivity index (χ4v) is 2.24. The molecule has 0 aromatic rings. The Labute approximate surface area is 103 Å². The number of hydrogen-bond donors (Lipinski definition) is 1. The summed E-state index contributed by atoms with van der Waals surface area (Å²) >= 11 is 0. The Hall–Kier alpha value is -0.0400. The molecule has 0 radical (unpaired) electrons. The molecule has 0 saturated carbocycles. The molecule has 1 N–H and O–H groups in total. The minimum absolute atomic E-state index is 0.767. The van der Waals surface area contributed by atoms with Gasteiger partial charge >= 0.3 is 0 Å². The average molecular weight is 227 g/mol. The van der Waals surface area contributed by atoms with Crippen molar-refractivity contribution in [3.8, 4) is 0 Å². The first-order chi connectivity index (χ1) is 7.45. The quantitative estimate of drug-likeness (QED) is 0.618. The molecule has 0 aliphatic heterocycles. The van der Waals surface area contributed by atoms with Crippen LogP contribution in [0.2, 0.25) is 0 Å². The lowest BCUT2D eigenvalue weighted by molar-refractivity contribution is 0.311. The Morgan fingerprint density at radius 2 is 1.44 bits per heavy atom. The second-order valence-electron chi connectivity index (χ2n) is 6.30. The highest BCUT2D eigenvalue weighted by atomic mass is 14.9. The van der Waals surface area contributed by atoms with E-state index in [2.05, 4.69) is 46.9 Å². The molecule has 2 unspecified atom stereocenters. The second-order valence-corrected chi connectivity index (χ2v) is 6.30. The zero-order valence-corrected chi connectivity index (χ0v) is 12.3. The lowest BCUT2D eigenvalue weighted by Gasteiger charge is -2.23. The van der Waals surface area contributed by atoms with Crippen molar-refractivity contribution in [2.45, 2.75) is 60.8 Å². The normalized spacial score (nSPS) is 15.8. The fourth-order valence-electron chi connectivity index (χ4n) is 2.24. The molecule has 0 bridgehead atoms. The molecular weight excluding hydrogens is 194 g/mol. The molecule has 16 heavy (non-hydrogen) atoms. The Morgan fingerprint density at radius 1 is 0.812 bits per heavy atom. The molecule has 0 heterocycles. The molecule has 1 heteroatoms. The zero-order valence-electron chi connectivity index (χ0n) is 12.3. The van der Waals surface area contributed by atoms with Crippen LogP contribution in [0.4, 0.5) is 0 Å². The van der Waals surface area contributed by atoms with Crippen LogP contribution in [0.15, 0.2) is 0 Å². The van der Waals surface area contributed by atoms with Gasteiger partial charge < -0.3 is 5.32 Å². The van der Waals surface area contributed by atoms with E-state index in [1.807, 2.05) is 0 Å². The summed E-state index contributed by atoms with van der Waals surface area (Å²) in [6, 6.07) is 0. The van der Waals surface area contributed by atoms with E-state index in [4.69, 9.17) is 0 Å². The van der Waals surface area contributed by atoms with Crippen LogP contribution in [0.5, 0.6) is 0 Å². The summed E-state index contributed by atoms with van der Waals surface area (Å²) < 4.78 is 0. The van der Waals surface area contributed by atoms with Crippen molar-refractivity contribution in [2.24, 2.45) is 23.7 Å². The van der Waals surface area contributed by atoms with E-state index >= 15 is 0 Å². The number of nitrogens with one attached hydrogen (secondary N) is 1. The lowest BCUT2D eigenvalue weighted by atomic mass is 9.87. The maximum Gasteiger partial charge on any atom is -0.00202 e. The SMILES string of the molecule is CCC(C)CC(CNCC(C)C)CC(C)C. The molecule has 0 aromatic heterocycles. The third-order valence-electron chi connectivity index (χ3n) is 3.22. The maximum atomic E-state index is 3.62. The molecule has 1 nitrogen and oxygen atoms in total. The van der Waals surface area contributed by atoms with Gasteiger partial charge in [0.1, 0.15) is 0 Å². The minimum atomic E-state index is 0.767. The Morgan fingerprint density at radius 3 is 1.88 bits per heavy atom. The van der Waals surface area contributed by atoms with Gasteiger partial charge in [0.2, 0.25) is 0 Å². The van der Waals surface area contributed by atoms with E-state index in [-0.39, 0.29) is 0 Å². The molecule has 2 atom stereocenters. The first-order valence-corrected chi connectivity index (χ1v) is 7.16. The molecule has 0 spiro atoms. The number of rotatable bonds is 9. The van der Waals surface area contributed by atoms with Crippen LogP contribution in [0.1, 0.15) is 60.8 Å². The van der Waals surface area contributed by atoms with Crippen molar-refractivity contribution in [2.75, 3.05) is 13.1 Å². The predicted molar refractivity (Wildman–Crippen MR) is 74.7 cm³/mol. The van der Waals surface area contributed by atoms with Gasteiger partial charge in [-0.2, -0.15) is 0 Å². The van der Waals surface area contributed by atoms with Crippen molar-refractivity contribution in [1.82, 2.24) is 5.32 Å². The third kappa shape index (κ3) is 9.21. The predicted octanol–water partition coefficient (Wildman–Crippen LogP) is 4.33. The van der Waals surface area contributed by atoms with Gasteiger partial charge in [0.25, 0.3) is 0 Å². The van der Waals surface area contributed by atoms with Gasteiger partial charge in [-0.3, -0.25) is 0 Å². The Bertz CT molecular complexity index is 152.